The lowest BCUT2D eigenvalue weighted by Crippen LogP contribution is -2.22. The van der Waals surface area contributed by atoms with Gasteiger partial charge < -0.3 is 10.1 Å². The van der Waals surface area contributed by atoms with Crippen LogP contribution >= 0.6 is 11.8 Å². The summed E-state index contributed by atoms with van der Waals surface area (Å²) in [5, 5.41) is 3.33. The summed E-state index contributed by atoms with van der Waals surface area (Å²) < 4.78 is 18.6. The molecule has 0 amide bonds. The zero-order valence-electron chi connectivity index (χ0n) is 10.0. The highest BCUT2D eigenvalue weighted by molar-refractivity contribution is 7.99. The number of thioether (sulfide) groups is 1. The Morgan fingerprint density at radius 2 is 2.41 bits per heavy atom. The number of nitrogens with one attached hydrogen (secondary N) is 1. The van der Waals surface area contributed by atoms with Crippen LogP contribution in [0.3, 0.4) is 0 Å². The second kappa shape index (κ2) is 6.26. The average molecular weight is 255 g/mol. The molecule has 1 aromatic rings. The van der Waals surface area contributed by atoms with Crippen LogP contribution in [0, 0.1) is 11.7 Å². The molecule has 1 unspecified atom stereocenters. The quantitative estimate of drug-likeness (QED) is 0.874. The van der Waals surface area contributed by atoms with E-state index in [2.05, 4.69) is 5.32 Å². The van der Waals surface area contributed by atoms with Crippen LogP contribution in [0.25, 0.3) is 0 Å². The van der Waals surface area contributed by atoms with Crippen molar-refractivity contribution in [3.63, 3.8) is 0 Å². The van der Waals surface area contributed by atoms with Crippen LogP contribution in [0.4, 0.5) is 4.39 Å². The van der Waals surface area contributed by atoms with Crippen LogP contribution in [-0.2, 0) is 6.54 Å². The molecule has 0 aliphatic carbocycles. The van der Waals surface area contributed by atoms with E-state index in [0.717, 1.165) is 12.5 Å². The van der Waals surface area contributed by atoms with E-state index in [1.807, 2.05) is 11.8 Å². The fourth-order valence-corrected chi connectivity index (χ4v) is 3.24. The second-order valence-corrected chi connectivity index (χ2v) is 5.47. The van der Waals surface area contributed by atoms with Crippen molar-refractivity contribution in [2.75, 3.05) is 25.2 Å². The van der Waals surface area contributed by atoms with E-state index in [9.17, 15) is 4.39 Å². The summed E-state index contributed by atoms with van der Waals surface area (Å²) in [6.07, 6.45) is 1.28. The van der Waals surface area contributed by atoms with Gasteiger partial charge in [0.05, 0.1) is 7.11 Å². The zero-order chi connectivity index (χ0) is 12.1. The summed E-state index contributed by atoms with van der Waals surface area (Å²) in [6, 6.07) is 5.01. The van der Waals surface area contributed by atoms with Crippen molar-refractivity contribution >= 4 is 11.8 Å². The maximum absolute atomic E-state index is 13.6. The van der Waals surface area contributed by atoms with Gasteiger partial charge in [-0.3, -0.25) is 0 Å². The Hall–Kier alpha value is -0.740. The first-order valence-corrected chi connectivity index (χ1v) is 7.06. The molecule has 1 fully saturated rings. The molecule has 1 heterocycles. The molecule has 17 heavy (non-hydrogen) atoms. The Morgan fingerprint density at radius 1 is 1.53 bits per heavy atom. The van der Waals surface area contributed by atoms with Gasteiger partial charge in [-0.2, -0.15) is 11.8 Å². The monoisotopic (exact) mass is 255 g/mol. The minimum atomic E-state index is -0.197. The van der Waals surface area contributed by atoms with Gasteiger partial charge in [0.2, 0.25) is 0 Å². The highest BCUT2D eigenvalue weighted by Crippen LogP contribution is 2.22. The maximum Gasteiger partial charge on any atom is 0.131 e. The van der Waals surface area contributed by atoms with E-state index in [1.165, 1.54) is 24.0 Å². The average Bonchev–Trinajstić information content (AvgIpc) is 2.84. The first-order chi connectivity index (χ1) is 8.29. The predicted molar refractivity (Wildman–Crippen MR) is 70.1 cm³/mol. The molecule has 0 aromatic heterocycles. The SMILES string of the molecule is COc1ccc(CNCC2CCSC2)c(F)c1. The molecule has 1 aliphatic heterocycles. The highest BCUT2D eigenvalue weighted by atomic mass is 32.2. The minimum absolute atomic E-state index is 0.197. The van der Waals surface area contributed by atoms with Crippen LogP contribution in [0.2, 0.25) is 0 Å². The van der Waals surface area contributed by atoms with Crippen LogP contribution in [0.5, 0.6) is 5.75 Å². The van der Waals surface area contributed by atoms with E-state index in [1.54, 1.807) is 19.2 Å². The standard InChI is InChI=1S/C13H18FNOS/c1-16-12-3-2-11(13(14)6-12)8-15-7-10-4-5-17-9-10/h2-3,6,10,15H,4-5,7-9H2,1H3. The molecule has 0 saturated carbocycles. The maximum atomic E-state index is 13.6. The van der Waals surface area contributed by atoms with Gasteiger partial charge in [0.15, 0.2) is 0 Å². The number of hydrogen-bond donors (Lipinski definition) is 1. The van der Waals surface area contributed by atoms with Gasteiger partial charge in [0, 0.05) is 18.2 Å². The normalized spacial score (nSPS) is 19.5. The lowest BCUT2D eigenvalue weighted by molar-refractivity contribution is 0.410. The summed E-state index contributed by atoms with van der Waals surface area (Å²) in [6.45, 7) is 1.58. The summed E-state index contributed by atoms with van der Waals surface area (Å²) in [5.41, 5.74) is 0.705. The fraction of sp³-hybridized carbons (Fsp3) is 0.538. The second-order valence-electron chi connectivity index (χ2n) is 4.32. The molecule has 0 spiro atoms. The summed E-state index contributed by atoms with van der Waals surface area (Å²) in [5.74, 6) is 3.62. The van der Waals surface area contributed by atoms with Gasteiger partial charge in [0.1, 0.15) is 11.6 Å². The van der Waals surface area contributed by atoms with Crippen molar-refractivity contribution in [1.29, 1.82) is 0 Å². The Kier molecular flexibility index (Phi) is 4.68. The molecule has 0 radical (unpaired) electrons. The van der Waals surface area contributed by atoms with Crippen LogP contribution in [-0.4, -0.2) is 25.2 Å². The fourth-order valence-electron chi connectivity index (χ4n) is 1.95. The Labute approximate surface area is 106 Å². The van der Waals surface area contributed by atoms with Crippen molar-refractivity contribution in [2.24, 2.45) is 5.92 Å². The summed E-state index contributed by atoms with van der Waals surface area (Å²) in [7, 11) is 1.55. The molecule has 1 aliphatic rings. The molecule has 1 aromatic carbocycles. The van der Waals surface area contributed by atoms with Crippen molar-refractivity contribution in [1.82, 2.24) is 5.32 Å². The predicted octanol–water partition coefficient (Wildman–Crippen LogP) is 2.68. The topological polar surface area (TPSA) is 21.3 Å². The number of ether oxygens (including phenoxy) is 1. The molecule has 4 heteroatoms. The van der Waals surface area contributed by atoms with Gasteiger partial charge in [-0.25, -0.2) is 4.39 Å². The van der Waals surface area contributed by atoms with Crippen molar-refractivity contribution < 1.29 is 9.13 Å². The minimum Gasteiger partial charge on any atom is -0.497 e. The molecule has 1 N–H and O–H groups in total. The number of halogens is 1. The van der Waals surface area contributed by atoms with Crippen LogP contribution in [0.15, 0.2) is 18.2 Å². The van der Waals surface area contributed by atoms with Gasteiger partial charge in [-0.1, -0.05) is 6.07 Å². The van der Waals surface area contributed by atoms with Crippen molar-refractivity contribution in [3.8, 4) is 5.75 Å². The number of rotatable bonds is 5. The van der Waals surface area contributed by atoms with Gasteiger partial charge in [-0.15, -0.1) is 0 Å². The zero-order valence-corrected chi connectivity index (χ0v) is 10.9. The number of benzene rings is 1. The lowest BCUT2D eigenvalue weighted by atomic mass is 10.1. The van der Waals surface area contributed by atoms with Gasteiger partial charge >= 0.3 is 0 Å². The number of methoxy groups -OCH3 is 1. The molecular formula is C13H18FNOS. The molecule has 2 rings (SSSR count). The van der Waals surface area contributed by atoms with E-state index < -0.39 is 0 Å². The van der Waals surface area contributed by atoms with E-state index >= 15 is 0 Å². The third-order valence-corrected chi connectivity index (χ3v) is 4.26. The first kappa shape index (κ1) is 12.7. The van der Waals surface area contributed by atoms with Crippen molar-refractivity contribution in [2.45, 2.75) is 13.0 Å². The molecule has 2 nitrogen and oxygen atoms in total. The molecule has 1 atom stereocenters. The van der Waals surface area contributed by atoms with E-state index in [-0.39, 0.29) is 5.82 Å². The molecule has 94 valence electrons. The summed E-state index contributed by atoms with van der Waals surface area (Å²) >= 11 is 2.01. The summed E-state index contributed by atoms with van der Waals surface area (Å²) in [4.78, 5) is 0. The third kappa shape index (κ3) is 3.61. The number of hydrogen-bond acceptors (Lipinski definition) is 3. The van der Waals surface area contributed by atoms with Gasteiger partial charge in [0.25, 0.3) is 0 Å². The molecule has 0 bridgehead atoms. The van der Waals surface area contributed by atoms with Crippen LogP contribution < -0.4 is 10.1 Å². The molecular weight excluding hydrogens is 237 g/mol. The first-order valence-electron chi connectivity index (χ1n) is 5.90. The largest absolute Gasteiger partial charge is 0.497 e. The Balaban J connectivity index is 1.81. The lowest BCUT2D eigenvalue weighted by Gasteiger charge is -2.11. The Bertz CT molecular complexity index is 366. The van der Waals surface area contributed by atoms with Gasteiger partial charge in [-0.05, 0) is 36.5 Å². The molecule has 1 saturated heterocycles. The Morgan fingerprint density at radius 3 is 3.06 bits per heavy atom. The smallest absolute Gasteiger partial charge is 0.131 e. The van der Waals surface area contributed by atoms with E-state index in [4.69, 9.17) is 4.74 Å². The van der Waals surface area contributed by atoms with Crippen LogP contribution in [0.1, 0.15) is 12.0 Å². The van der Waals surface area contributed by atoms with E-state index in [0.29, 0.717) is 17.9 Å². The highest BCUT2D eigenvalue weighted by Gasteiger charge is 2.14. The third-order valence-electron chi connectivity index (χ3n) is 3.03. The van der Waals surface area contributed by atoms with Crippen molar-refractivity contribution in [3.05, 3.63) is 29.6 Å².